The zero-order valence-electron chi connectivity index (χ0n) is 17.1. The Morgan fingerprint density at radius 1 is 1.07 bits per heavy atom. The minimum absolute atomic E-state index is 0.126. The lowest BCUT2D eigenvalue weighted by Crippen LogP contribution is -2.31. The van der Waals surface area contributed by atoms with Crippen molar-refractivity contribution >= 4 is 28.7 Å². The van der Waals surface area contributed by atoms with Crippen LogP contribution < -0.4 is 4.90 Å². The molecule has 0 radical (unpaired) electrons. The number of aryl methyl sites for hydroxylation is 1. The smallest absolute Gasteiger partial charge is 0.294 e. The van der Waals surface area contributed by atoms with Gasteiger partial charge in [-0.05, 0) is 47.5 Å². The average molecular weight is 418 g/mol. The molecule has 0 fully saturated rings. The van der Waals surface area contributed by atoms with Gasteiger partial charge in [0.1, 0.15) is 0 Å². The highest BCUT2D eigenvalue weighted by atomic mass is 32.1. The van der Waals surface area contributed by atoms with E-state index in [0.717, 1.165) is 16.7 Å². The van der Waals surface area contributed by atoms with Crippen LogP contribution in [0.15, 0.2) is 77.4 Å². The quantitative estimate of drug-likeness (QED) is 0.521. The SMILES string of the molecule is Cc1cccc(C2C(C(=O)c3cccs3)=C(O)C(=O)N2c2ccc(C(C)C)cc2)c1. The van der Waals surface area contributed by atoms with Crippen LogP contribution in [0.4, 0.5) is 5.69 Å². The van der Waals surface area contributed by atoms with Crippen molar-refractivity contribution in [1.29, 1.82) is 0 Å². The first-order chi connectivity index (χ1) is 14.4. The van der Waals surface area contributed by atoms with Crippen molar-refractivity contribution in [3.63, 3.8) is 0 Å². The Hall–Kier alpha value is -3.18. The second kappa shape index (κ2) is 7.92. The molecule has 4 nitrogen and oxygen atoms in total. The molecule has 1 aliphatic rings. The molecule has 1 N–H and O–H groups in total. The molecule has 0 aliphatic carbocycles. The van der Waals surface area contributed by atoms with E-state index in [1.807, 2.05) is 60.8 Å². The third kappa shape index (κ3) is 3.46. The summed E-state index contributed by atoms with van der Waals surface area (Å²) in [4.78, 5) is 28.4. The van der Waals surface area contributed by atoms with Crippen molar-refractivity contribution in [2.45, 2.75) is 32.7 Å². The maximum atomic E-state index is 13.3. The highest BCUT2D eigenvalue weighted by Crippen LogP contribution is 2.42. The molecule has 30 heavy (non-hydrogen) atoms. The third-order valence-corrected chi connectivity index (χ3v) is 6.26. The topological polar surface area (TPSA) is 57.6 Å². The van der Waals surface area contributed by atoms with Crippen LogP contribution in [-0.4, -0.2) is 16.8 Å². The molecular weight excluding hydrogens is 394 g/mol. The predicted octanol–water partition coefficient (Wildman–Crippen LogP) is 5.96. The van der Waals surface area contributed by atoms with Gasteiger partial charge in [0.05, 0.1) is 16.5 Å². The standard InChI is InChI=1S/C25H23NO3S/c1-15(2)17-9-11-19(12-10-17)26-22(18-7-4-6-16(3)14-18)21(24(28)25(26)29)23(27)20-8-5-13-30-20/h4-15,22,28H,1-3H3. The van der Waals surface area contributed by atoms with Crippen LogP contribution in [0.3, 0.4) is 0 Å². The van der Waals surface area contributed by atoms with E-state index in [9.17, 15) is 14.7 Å². The molecule has 152 valence electrons. The van der Waals surface area contributed by atoms with Crippen molar-refractivity contribution < 1.29 is 14.7 Å². The lowest BCUT2D eigenvalue weighted by molar-refractivity contribution is -0.117. The van der Waals surface area contributed by atoms with Crippen molar-refractivity contribution in [2.75, 3.05) is 4.90 Å². The van der Waals surface area contributed by atoms with Gasteiger partial charge in [-0.1, -0.05) is 61.9 Å². The number of anilines is 1. The number of aliphatic hydroxyl groups is 1. The van der Waals surface area contributed by atoms with Crippen LogP contribution >= 0.6 is 11.3 Å². The number of hydrogen-bond donors (Lipinski definition) is 1. The van der Waals surface area contributed by atoms with Crippen molar-refractivity contribution in [1.82, 2.24) is 0 Å². The van der Waals surface area contributed by atoms with Crippen LogP contribution in [0.2, 0.25) is 0 Å². The highest BCUT2D eigenvalue weighted by Gasteiger charge is 2.44. The number of Topliss-reactive ketones (excluding diaryl/α,β-unsaturated/α-hetero) is 1. The molecule has 1 amide bonds. The fourth-order valence-electron chi connectivity index (χ4n) is 3.82. The van der Waals surface area contributed by atoms with Crippen LogP contribution in [0, 0.1) is 6.92 Å². The summed E-state index contributed by atoms with van der Waals surface area (Å²) in [7, 11) is 0. The van der Waals surface area contributed by atoms with Crippen LogP contribution in [-0.2, 0) is 4.79 Å². The molecule has 2 aromatic carbocycles. The summed E-state index contributed by atoms with van der Waals surface area (Å²) in [6.07, 6.45) is 0. The fourth-order valence-corrected chi connectivity index (χ4v) is 4.50. The molecule has 0 saturated heterocycles. The van der Waals surface area contributed by atoms with Gasteiger partial charge in [-0.15, -0.1) is 11.3 Å². The van der Waals surface area contributed by atoms with E-state index in [4.69, 9.17) is 0 Å². The van der Waals surface area contributed by atoms with E-state index >= 15 is 0 Å². The number of ketones is 1. The molecule has 0 saturated carbocycles. The molecule has 1 aliphatic heterocycles. The van der Waals surface area contributed by atoms with E-state index in [0.29, 0.717) is 16.5 Å². The van der Waals surface area contributed by atoms with Crippen molar-refractivity contribution in [3.05, 3.63) is 98.9 Å². The van der Waals surface area contributed by atoms with Gasteiger partial charge in [-0.25, -0.2) is 0 Å². The molecule has 1 unspecified atom stereocenters. The number of thiophene rings is 1. The van der Waals surface area contributed by atoms with Crippen molar-refractivity contribution in [2.24, 2.45) is 0 Å². The number of amides is 1. The molecular formula is C25H23NO3S. The zero-order valence-corrected chi connectivity index (χ0v) is 17.9. The summed E-state index contributed by atoms with van der Waals surface area (Å²) in [6, 6.07) is 18.2. The Bertz CT molecular complexity index is 1130. The molecule has 2 heterocycles. The molecule has 3 aromatic rings. The van der Waals surface area contributed by atoms with Gasteiger partial charge in [0.2, 0.25) is 5.78 Å². The Morgan fingerprint density at radius 2 is 1.80 bits per heavy atom. The minimum Gasteiger partial charge on any atom is -0.503 e. The Kier molecular flexibility index (Phi) is 5.31. The van der Waals surface area contributed by atoms with Gasteiger partial charge in [-0.2, -0.15) is 0 Å². The van der Waals surface area contributed by atoms with E-state index in [1.54, 1.807) is 12.1 Å². The van der Waals surface area contributed by atoms with Gasteiger partial charge < -0.3 is 5.11 Å². The van der Waals surface area contributed by atoms with Gasteiger partial charge in [0.15, 0.2) is 5.76 Å². The van der Waals surface area contributed by atoms with Crippen molar-refractivity contribution in [3.8, 4) is 0 Å². The highest BCUT2D eigenvalue weighted by molar-refractivity contribution is 7.12. The van der Waals surface area contributed by atoms with E-state index in [-0.39, 0.29) is 11.4 Å². The third-order valence-electron chi connectivity index (χ3n) is 5.39. The summed E-state index contributed by atoms with van der Waals surface area (Å²) in [5, 5.41) is 12.6. The summed E-state index contributed by atoms with van der Waals surface area (Å²) < 4.78 is 0. The van der Waals surface area contributed by atoms with Gasteiger partial charge in [0, 0.05) is 5.69 Å². The molecule has 0 bridgehead atoms. The normalized spacial score (nSPS) is 16.6. The molecule has 1 atom stereocenters. The first-order valence-corrected chi connectivity index (χ1v) is 10.8. The number of carbonyl (C=O) groups excluding carboxylic acids is 2. The Morgan fingerprint density at radius 3 is 2.40 bits per heavy atom. The van der Waals surface area contributed by atoms with Crippen LogP contribution in [0.5, 0.6) is 0 Å². The second-order valence-corrected chi connectivity index (χ2v) is 8.75. The lowest BCUT2D eigenvalue weighted by Gasteiger charge is -2.27. The van der Waals surface area contributed by atoms with E-state index in [1.165, 1.54) is 16.2 Å². The van der Waals surface area contributed by atoms with Crippen LogP contribution in [0.25, 0.3) is 0 Å². The Balaban J connectivity index is 1.85. The first kappa shape index (κ1) is 20.1. The number of nitrogens with zero attached hydrogens (tertiary/aromatic N) is 1. The molecule has 4 rings (SSSR count). The number of aliphatic hydroxyl groups excluding tert-OH is 1. The molecule has 0 spiro atoms. The average Bonchev–Trinajstić information content (AvgIpc) is 3.35. The maximum absolute atomic E-state index is 13.3. The zero-order chi connectivity index (χ0) is 21.4. The largest absolute Gasteiger partial charge is 0.503 e. The van der Waals surface area contributed by atoms with E-state index in [2.05, 4.69) is 13.8 Å². The van der Waals surface area contributed by atoms with Gasteiger partial charge >= 0.3 is 0 Å². The maximum Gasteiger partial charge on any atom is 0.294 e. The summed E-state index contributed by atoms with van der Waals surface area (Å²) >= 11 is 1.30. The van der Waals surface area contributed by atoms with E-state index < -0.39 is 17.7 Å². The number of rotatable bonds is 5. The monoisotopic (exact) mass is 417 g/mol. The summed E-state index contributed by atoms with van der Waals surface area (Å²) in [6.45, 7) is 6.18. The minimum atomic E-state index is -0.683. The second-order valence-electron chi connectivity index (χ2n) is 7.81. The summed E-state index contributed by atoms with van der Waals surface area (Å²) in [5.41, 5.74) is 3.74. The van der Waals surface area contributed by atoms with Gasteiger partial charge in [-0.3, -0.25) is 14.5 Å². The molecule has 5 heteroatoms. The number of benzene rings is 2. The first-order valence-electron chi connectivity index (χ1n) is 9.90. The molecule has 1 aromatic heterocycles. The summed E-state index contributed by atoms with van der Waals surface area (Å²) in [5.74, 6) is -0.987. The predicted molar refractivity (Wildman–Crippen MR) is 120 cm³/mol. The lowest BCUT2D eigenvalue weighted by atomic mass is 9.94. The number of hydrogen-bond acceptors (Lipinski definition) is 4. The van der Waals surface area contributed by atoms with Gasteiger partial charge in [0.25, 0.3) is 5.91 Å². The Labute approximate surface area is 180 Å². The fraction of sp³-hybridized carbons (Fsp3) is 0.200. The van der Waals surface area contributed by atoms with Crippen LogP contribution in [0.1, 0.15) is 52.2 Å². The number of carbonyl (C=O) groups is 2.